The summed E-state index contributed by atoms with van der Waals surface area (Å²) in [6.45, 7) is 5.07. The van der Waals surface area contributed by atoms with E-state index in [0.29, 0.717) is 5.78 Å². The monoisotopic (exact) mass is 269 g/mol. The van der Waals surface area contributed by atoms with Gasteiger partial charge in [0, 0.05) is 5.25 Å². The van der Waals surface area contributed by atoms with Gasteiger partial charge in [-0.2, -0.15) is 11.8 Å². The predicted octanol–water partition coefficient (Wildman–Crippen LogP) is 3.26. The first-order valence-electron chi connectivity index (χ1n) is 7.57. The molecule has 1 saturated carbocycles. The highest BCUT2D eigenvalue weighted by atomic mass is 32.2. The fraction of sp³-hybridized carbons (Fsp3) is 0.933. The number of Topliss-reactive ketones (excluding diaryl/α,β-unsaturated/α-hetero) is 1. The average molecular weight is 269 g/mol. The van der Waals surface area contributed by atoms with Gasteiger partial charge in [0.05, 0.1) is 6.04 Å². The Morgan fingerprint density at radius 1 is 1.39 bits per heavy atom. The number of fused-ring (bicyclic) bond motifs is 1. The van der Waals surface area contributed by atoms with E-state index in [1.807, 2.05) is 0 Å². The standard InChI is InChI=1S/C15H27NOS/c1-3-4-8-18-15-7-5-6-12-10-16-14(11(2)17)9-13(12)15/h12-16H,3-10H2,1-2H3/t12-,13+,14+,15-/m1/s1. The van der Waals surface area contributed by atoms with Crippen LogP contribution in [-0.4, -0.2) is 29.4 Å². The Kier molecular flexibility index (Phi) is 5.56. The van der Waals surface area contributed by atoms with E-state index in [-0.39, 0.29) is 6.04 Å². The zero-order chi connectivity index (χ0) is 13.0. The number of thioether (sulfide) groups is 1. The van der Waals surface area contributed by atoms with Crippen LogP contribution in [0.4, 0.5) is 0 Å². The van der Waals surface area contributed by atoms with Crippen molar-refractivity contribution >= 4 is 17.5 Å². The number of carbonyl (C=O) groups excluding carboxylic acids is 1. The van der Waals surface area contributed by atoms with Gasteiger partial charge in [0.25, 0.3) is 0 Å². The number of carbonyl (C=O) groups is 1. The maximum absolute atomic E-state index is 11.6. The van der Waals surface area contributed by atoms with Crippen LogP contribution in [0, 0.1) is 11.8 Å². The van der Waals surface area contributed by atoms with Crippen LogP contribution < -0.4 is 5.32 Å². The first-order valence-corrected chi connectivity index (χ1v) is 8.62. The van der Waals surface area contributed by atoms with Gasteiger partial charge >= 0.3 is 0 Å². The molecule has 0 bridgehead atoms. The summed E-state index contributed by atoms with van der Waals surface area (Å²) < 4.78 is 0. The molecule has 104 valence electrons. The van der Waals surface area contributed by atoms with Gasteiger partial charge < -0.3 is 5.32 Å². The lowest BCUT2D eigenvalue weighted by molar-refractivity contribution is -0.120. The maximum Gasteiger partial charge on any atom is 0.146 e. The van der Waals surface area contributed by atoms with Crippen molar-refractivity contribution in [2.45, 2.75) is 63.7 Å². The Morgan fingerprint density at radius 2 is 2.22 bits per heavy atom. The van der Waals surface area contributed by atoms with E-state index in [1.165, 1.54) is 37.9 Å². The molecule has 2 aliphatic rings. The summed E-state index contributed by atoms with van der Waals surface area (Å²) in [6.07, 6.45) is 7.85. The molecular formula is C15H27NOS. The minimum absolute atomic E-state index is 0.138. The summed E-state index contributed by atoms with van der Waals surface area (Å²) in [5.74, 6) is 3.25. The Hall–Kier alpha value is -0.0200. The smallest absolute Gasteiger partial charge is 0.146 e. The lowest BCUT2D eigenvalue weighted by Crippen LogP contribution is -2.51. The van der Waals surface area contributed by atoms with Crippen molar-refractivity contribution < 1.29 is 4.79 Å². The summed E-state index contributed by atoms with van der Waals surface area (Å²) in [5, 5.41) is 4.27. The van der Waals surface area contributed by atoms with Gasteiger partial charge in [0.15, 0.2) is 0 Å². The van der Waals surface area contributed by atoms with Crippen molar-refractivity contribution in [3.63, 3.8) is 0 Å². The van der Waals surface area contributed by atoms with E-state index in [2.05, 4.69) is 24.0 Å². The van der Waals surface area contributed by atoms with E-state index in [9.17, 15) is 4.79 Å². The van der Waals surface area contributed by atoms with Crippen LogP contribution in [0.5, 0.6) is 0 Å². The lowest BCUT2D eigenvalue weighted by atomic mass is 9.73. The molecule has 1 heterocycles. The molecular weight excluding hydrogens is 242 g/mol. The molecule has 0 spiro atoms. The fourth-order valence-corrected chi connectivity index (χ4v) is 5.13. The van der Waals surface area contributed by atoms with Crippen LogP contribution in [0.25, 0.3) is 0 Å². The molecule has 1 aliphatic carbocycles. The highest BCUT2D eigenvalue weighted by Crippen LogP contribution is 2.41. The van der Waals surface area contributed by atoms with Gasteiger partial charge in [-0.15, -0.1) is 0 Å². The molecule has 18 heavy (non-hydrogen) atoms. The molecule has 2 nitrogen and oxygen atoms in total. The van der Waals surface area contributed by atoms with Crippen molar-refractivity contribution in [1.29, 1.82) is 0 Å². The normalized spacial score (nSPS) is 36.1. The van der Waals surface area contributed by atoms with Crippen LogP contribution in [0.1, 0.15) is 52.4 Å². The minimum atomic E-state index is 0.138. The molecule has 0 unspecified atom stereocenters. The number of nitrogens with one attached hydrogen (secondary N) is 1. The first kappa shape index (κ1) is 14.4. The third-order valence-electron chi connectivity index (χ3n) is 4.60. The Bertz CT molecular complexity index is 282. The molecule has 0 radical (unpaired) electrons. The second-order valence-corrected chi connectivity index (χ2v) is 7.27. The van der Waals surface area contributed by atoms with E-state index in [4.69, 9.17) is 0 Å². The average Bonchev–Trinajstić information content (AvgIpc) is 2.38. The lowest BCUT2D eigenvalue weighted by Gasteiger charge is -2.43. The number of rotatable bonds is 5. The number of piperidine rings is 1. The summed E-state index contributed by atoms with van der Waals surface area (Å²) in [6, 6.07) is 0.138. The molecule has 0 amide bonds. The molecule has 1 aliphatic heterocycles. The predicted molar refractivity (Wildman–Crippen MR) is 79.1 cm³/mol. The molecule has 4 atom stereocenters. The van der Waals surface area contributed by atoms with Crippen molar-refractivity contribution in [3.05, 3.63) is 0 Å². The van der Waals surface area contributed by atoms with Crippen LogP contribution in [-0.2, 0) is 4.79 Å². The number of ketones is 1. The summed E-state index contributed by atoms with van der Waals surface area (Å²) in [4.78, 5) is 11.6. The Morgan fingerprint density at radius 3 is 2.94 bits per heavy atom. The largest absolute Gasteiger partial charge is 0.307 e. The first-order chi connectivity index (χ1) is 8.72. The Labute approximate surface area is 116 Å². The number of hydrogen-bond donors (Lipinski definition) is 1. The summed E-state index contributed by atoms with van der Waals surface area (Å²) in [7, 11) is 0. The third kappa shape index (κ3) is 3.51. The Balaban J connectivity index is 1.91. The van der Waals surface area contributed by atoms with Crippen molar-refractivity contribution in [2.75, 3.05) is 12.3 Å². The zero-order valence-electron chi connectivity index (χ0n) is 11.8. The van der Waals surface area contributed by atoms with Gasteiger partial charge in [0.2, 0.25) is 0 Å². The SMILES string of the molecule is CCCCS[C@@H]1CCC[C@@H]2CN[C@H](C(C)=O)C[C@@H]21. The topological polar surface area (TPSA) is 29.1 Å². The highest BCUT2D eigenvalue weighted by Gasteiger charge is 2.38. The minimum Gasteiger partial charge on any atom is -0.307 e. The molecule has 2 fully saturated rings. The highest BCUT2D eigenvalue weighted by molar-refractivity contribution is 7.99. The molecule has 0 aromatic rings. The van der Waals surface area contributed by atoms with Gasteiger partial charge in [-0.1, -0.05) is 19.8 Å². The molecule has 0 aromatic heterocycles. The van der Waals surface area contributed by atoms with Crippen LogP contribution >= 0.6 is 11.8 Å². The van der Waals surface area contributed by atoms with Gasteiger partial charge in [0.1, 0.15) is 5.78 Å². The van der Waals surface area contributed by atoms with Crippen molar-refractivity contribution in [2.24, 2.45) is 11.8 Å². The van der Waals surface area contributed by atoms with Gasteiger partial charge in [-0.25, -0.2) is 0 Å². The molecule has 3 heteroatoms. The second-order valence-electron chi connectivity index (χ2n) is 5.92. The number of unbranched alkanes of at least 4 members (excludes halogenated alkanes) is 1. The zero-order valence-corrected chi connectivity index (χ0v) is 12.6. The summed E-state index contributed by atoms with van der Waals surface area (Å²) >= 11 is 2.18. The van der Waals surface area contributed by atoms with Crippen LogP contribution in [0.15, 0.2) is 0 Å². The quantitative estimate of drug-likeness (QED) is 0.777. The van der Waals surface area contributed by atoms with Crippen LogP contribution in [0.3, 0.4) is 0 Å². The molecule has 0 aromatic carbocycles. The van der Waals surface area contributed by atoms with E-state index >= 15 is 0 Å². The van der Waals surface area contributed by atoms with E-state index < -0.39 is 0 Å². The fourth-order valence-electron chi connectivity index (χ4n) is 3.46. The molecule has 1 N–H and O–H groups in total. The third-order valence-corrected chi connectivity index (χ3v) is 6.14. The summed E-state index contributed by atoms with van der Waals surface area (Å²) in [5.41, 5.74) is 0. The second kappa shape index (κ2) is 6.95. The number of hydrogen-bond acceptors (Lipinski definition) is 3. The van der Waals surface area contributed by atoms with E-state index in [0.717, 1.165) is 30.1 Å². The molecule has 2 rings (SSSR count). The maximum atomic E-state index is 11.6. The van der Waals surface area contributed by atoms with Crippen LogP contribution in [0.2, 0.25) is 0 Å². The van der Waals surface area contributed by atoms with Crippen molar-refractivity contribution in [1.82, 2.24) is 5.32 Å². The van der Waals surface area contributed by atoms with Gasteiger partial charge in [-0.05, 0) is 56.7 Å². The van der Waals surface area contributed by atoms with Crippen molar-refractivity contribution in [3.8, 4) is 0 Å². The molecule has 1 saturated heterocycles. The van der Waals surface area contributed by atoms with E-state index in [1.54, 1.807) is 6.92 Å². The van der Waals surface area contributed by atoms with Gasteiger partial charge in [-0.3, -0.25) is 4.79 Å².